The Kier molecular flexibility index (Phi) is 2.63. The van der Waals surface area contributed by atoms with Gasteiger partial charge in [0.15, 0.2) is 0 Å². The fraction of sp³-hybridized carbons (Fsp3) is 1.00. The molecule has 2 unspecified atom stereocenters. The second-order valence-electron chi connectivity index (χ2n) is 3.84. The fourth-order valence-corrected chi connectivity index (χ4v) is 2.45. The van der Waals surface area contributed by atoms with Gasteiger partial charge in [0.1, 0.15) is 0 Å². The Hall–Kier alpha value is -0.120. The van der Waals surface area contributed by atoms with Crippen LogP contribution in [0.15, 0.2) is 0 Å². The van der Waals surface area contributed by atoms with Crippen molar-refractivity contribution in [3.63, 3.8) is 0 Å². The van der Waals surface area contributed by atoms with Gasteiger partial charge in [0.25, 0.3) is 0 Å². The lowest BCUT2D eigenvalue weighted by Gasteiger charge is -2.27. The van der Waals surface area contributed by atoms with Crippen LogP contribution in [0.5, 0.6) is 0 Å². The molecule has 0 saturated carbocycles. The van der Waals surface area contributed by atoms with Crippen LogP contribution in [0, 0.1) is 0 Å². The molecule has 2 fully saturated rings. The second-order valence-corrected chi connectivity index (χ2v) is 3.84. The number of aliphatic hydroxyl groups excluding tert-OH is 1. The van der Waals surface area contributed by atoms with E-state index < -0.39 is 0 Å². The van der Waals surface area contributed by atoms with Crippen LogP contribution in [0.1, 0.15) is 19.3 Å². The molecule has 2 aliphatic heterocycles. The molecule has 12 heavy (non-hydrogen) atoms. The summed E-state index contributed by atoms with van der Waals surface area (Å²) in [7, 11) is 0. The van der Waals surface area contributed by atoms with Crippen LogP contribution < -0.4 is 5.32 Å². The average molecular weight is 170 g/mol. The number of nitrogens with zero attached hydrogens (tertiary/aromatic N) is 1. The van der Waals surface area contributed by atoms with E-state index in [1.165, 1.54) is 32.4 Å². The van der Waals surface area contributed by atoms with Gasteiger partial charge < -0.3 is 10.4 Å². The summed E-state index contributed by atoms with van der Waals surface area (Å²) in [5.74, 6) is 0. The smallest absolute Gasteiger partial charge is 0.0599 e. The predicted octanol–water partition coefficient (Wildman–Crippen LogP) is -0.195. The molecule has 0 aromatic rings. The van der Waals surface area contributed by atoms with Crippen molar-refractivity contribution in [2.24, 2.45) is 0 Å². The van der Waals surface area contributed by atoms with E-state index in [9.17, 15) is 0 Å². The molecule has 3 heteroatoms. The highest BCUT2D eigenvalue weighted by Crippen LogP contribution is 2.19. The minimum absolute atomic E-state index is 0.293. The second kappa shape index (κ2) is 3.73. The molecule has 2 atom stereocenters. The van der Waals surface area contributed by atoms with Crippen molar-refractivity contribution in [3.8, 4) is 0 Å². The summed E-state index contributed by atoms with van der Waals surface area (Å²) in [5, 5.41) is 12.4. The zero-order valence-electron chi connectivity index (χ0n) is 7.50. The van der Waals surface area contributed by atoms with Crippen molar-refractivity contribution in [1.82, 2.24) is 10.2 Å². The molecule has 70 valence electrons. The molecule has 2 rings (SSSR count). The Bertz CT molecular complexity index is 145. The normalized spacial score (nSPS) is 37.8. The maximum Gasteiger partial charge on any atom is 0.0599 e. The molecule has 0 aromatic carbocycles. The third-order valence-electron chi connectivity index (χ3n) is 3.12. The van der Waals surface area contributed by atoms with Crippen LogP contribution in [-0.2, 0) is 0 Å². The summed E-state index contributed by atoms with van der Waals surface area (Å²) >= 11 is 0. The zero-order valence-corrected chi connectivity index (χ0v) is 7.50. The van der Waals surface area contributed by atoms with Gasteiger partial charge in [0.05, 0.1) is 6.61 Å². The lowest BCUT2D eigenvalue weighted by atomic mass is 10.1. The van der Waals surface area contributed by atoms with E-state index in [0.717, 1.165) is 6.54 Å². The van der Waals surface area contributed by atoms with Gasteiger partial charge in [0, 0.05) is 12.1 Å². The van der Waals surface area contributed by atoms with Crippen LogP contribution in [0.4, 0.5) is 0 Å². The number of aliphatic hydroxyl groups is 1. The molecule has 2 aliphatic rings. The van der Waals surface area contributed by atoms with Gasteiger partial charge in [-0.05, 0) is 38.9 Å². The van der Waals surface area contributed by atoms with E-state index in [-0.39, 0.29) is 0 Å². The van der Waals surface area contributed by atoms with E-state index >= 15 is 0 Å². The first-order chi connectivity index (χ1) is 5.92. The Morgan fingerprint density at radius 3 is 2.75 bits per heavy atom. The van der Waals surface area contributed by atoms with Gasteiger partial charge in [-0.2, -0.15) is 0 Å². The van der Waals surface area contributed by atoms with Crippen LogP contribution in [-0.4, -0.2) is 48.3 Å². The molecule has 0 amide bonds. The summed E-state index contributed by atoms with van der Waals surface area (Å²) in [6, 6.07) is 0.945. The summed E-state index contributed by atoms with van der Waals surface area (Å²) in [6.07, 6.45) is 3.90. The van der Waals surface area contributed by atoms with Crippen molar-refractivity contribution in [2.75, 3.05) is 26.2 Å². The van der Waals surface area contributed by atoms with Crippen molar-refractivity contribution >= 4 is 0 Å². The molecule has 2 N–H and O–H groups in total. The van der Waals surface area contributed by atoms with Gasteiger partial charge in [-0.25, -0.2) is 0 Å². The Labute approximate surface area is 73.8 Å². The van der Waals surface area contributed by atoms with Crippen LogP contribution in [0.2, 0.25) is 0 Å². The van der Waals surface area contributed by atoms with Gasteiger partial charge in [-0.3, -0.25) is 4.90 Å². The molecule has 0 aromatic heterocycles. The van der Waals surface area contributed by atoms with Crippen molar-refractivity contribution in [2.45, 2.75) is 31.3 Å². The molecule has 3 nitrogen and oxygen atoms in total. The number of hydrogen-bond donors (Lipinski definition) is 2. The molecule has 0 spiro atoms. The first-order valence-corrected chi connectivity index (χ1v) is 5.00. The highest BCUT2D eigenvalue weighted by Gasteiger charge is 2.32. The molecular weight excluding hydrogens is 152 g/mol. The molecule has 0 aliphatic carbocycles. The largest absolute Gasteiger partial charge is 0.395 e. The standard InChI is InChI=1S/C9H18N2O/c12-7-8-9(3-4-10-8)11-5-1-2-6-11/h8-10,12H,1-7H2. The molecule has 0 bridgehead atoms. The van der Waals surface area contributed by atoms with Crippen LogP contribution in [0.3, 0.4) is 0 Å². The summed E-state index contributed by atoms with van der Waals surface area (Å²) in [5.41, 5.74) is 0. The Morgan fingerprint density at radius 2 is 2.08 bits per heavy atom. The quantitative estimate of drug-likeness (QED) is 0.603. The average Bonchev–Trinajstić information content (AvgIpc) is 2.74. The summed E-state index contributed by atoms with van der Waals surface area (Å²) in [4.78, 5) is 2.53. The van der Waals surface area contributed by atoms with Crippen LogP contribution >= 0.6 is 0 Å². The Balaban J connectivity index is 1.92. The van der Waals surface area contributed by atoms with Crippen LogP contribution in [0.25, 0.3) is 0 Å². The molecular formula is C9H18N2O. The topological polar surface area (TPSA) is 35.5 Å². The monoisotopic (exact) mass is 170 g/mol. The lowest BCUT2D eigenvalue weighted by Crippen LogP contribution is -2.44. The zero-order chi connectivity index (χ0) is 8.39. The highest BCUT2D eigenvalue weighted by molar-refractivity contribution is 4.91. The molecule has 0 radical (unpaired) electrons. The van der Waals surface area contributed by atoms with E-state index in [4.69, 9.17) is 5.11 Å². The van der Waals surface area contributed by atoms with Crippen molar-refractivity contribution in [3.05, 3.63) is 0 Å². The number of rotatable bonds is 2. The third kappa shape index (κ3) is 1.49. The molecule has 2 saturated heterocycles. The lowest BCUT2D eigenvalue weighted by molar-refractivity contribution is 0.167. The van der Waals surface area contributed by atoms with Gasteiger partial charge in [0.2, 0.25) is 0 Å². The maximum absolute atomic E-state index is 9.11. The first kappa shape index (κ1) is 8.48. The Morgan fingerprint density at radius 1 is 1.33 bits per heavy atom. The number of likely N-dealkylation sites (tertiary alicyclic amines) is 1. The SMILES string of the molecule is OCC1NCCC1N1CCCC1. The fourth-order valence-electron chi connectivity index (χ4n) is 2.45. The van der Waals surface area contributed by atoms with Crippen molar-refractivity contribution < 1.29 is 5.11 Å². The van der Waals surface area contributed by atoms with E-state index in [1.54, 1.807) is 0 Å². The highest BCUT2D eigenvalue weighted by atomic mass is 16.3. The van der Waals surface area contributed by atoms with E-state index in [1.807, 2.05) is 0 Å². The minimum atomic E-state index is 0.293. The first-order valence-electron chi connectivity index (χ1n) is 5.00. The summed E-state index contributed by atoms with van der Waals surface area (Å²) < 4.78 is 0. The number of hydrogen-bond acceptors (Lipinski definition) is 3. The predicted molar refractivity (Wildman–Crippen MR) is 48.1 cm³/mol. The van der Waals surface area contributed by atoms with Crippen molar-refractivity contribution in [1.29, 1.82) is 0 Å². The number of nitrogens with one attached hydrogen (secondary N) is 1. The van der Waals surface area contributed by atoms with Gasteiger partial charge >= 0.3 is 0 Å². The van der Waals surface area contributed by atoms with Gasteiger partial charge in [-0.1, -0.05) is 0 Å². The van der Waals surface area contributed by atoms with E-state index in [0.29, 0.717) is 18.7 Å². The molecule has 2 heterocycles. The maximum atomic E-state index is 9.11. The minimum Gasteiger partial charge on any atom is -0.395 e. The summed E-state index contributed by atoms with van der Waals surface area (Å²) in [6.45, 7) is 3.85. The van der Waals surface area contributed by atoms with E-state index in [2.05, 4.69) is 10.2 Å². The third-order valence-corrected chi connectivity index (χ3v) is 3.12. The van der Waals surface area contributed by atoms with Gasteiger partial charge in [-0.15, -0.1) is 0 Å².